The Kier molecular flexibility index (Phi) is 11.2. The van der Waals surface area contributed by atoms with Crippen LogP contribution < -0.4 is 16.0 Å². The molecule has 4 aromatic rings. The summed E-state index contributed by atoms with van der Waals surface area (Å²) in [4.78, 5) is 27.4. The molecule has 0 atom stereocenters. The predicted molar refractivity (Wildman–Crippen MR) is 157 cm³/mol. The standard InChI is InChI=1S/C28H40N8O5/c1-4-12-38-14-16-40-17-15-39-13-9-23(37)30-10-5-6-11-36-27-24(26(35(2)3)31-19-32-27)25(34-36)20-7-8-22-21(18-20)33-28(29)41-22/h7-8,18-19H,4-6,9-17H2,1-3H3,(H2,29,33)(H,30,37). The van der Waals surface area contributed by atoms with Crippen molar-refractivity contribution in [2.45, 2.75) is 39.2 Å². The SMILES string of the molecule is CCCOCCOCCOCCC(=O)NCCCCn1nc(-c2ccc3oc(N)nc3c2)c2c(N(C)C)ncnc21. The van der Waals surface area contributed by atoms with Crippen LogP contribution in [0.2, 0.25) is 0 Å². The zero-order chi connectivity index (χ0) is 29.0. The van der Waals surface area contributed by atoms with Crippen molar-refractivity contribution in [1.82, 2.24) is 30.0 Å². The number of ether oxygens (including phenoxy) is 3. The van der Waals surface area contributed by atoms with E-state index in [0.717, 1.165) is 54.0 Å². The predicted octanol–water partition coefficient (Wildman–Crippen LogP) is 3.03. The largest absolute Gasteiger partial charge is 0.424 e. The molecule has 3 N–H and O–H groups in total. The molecule has 3 heterocycles. The van der Waals surface area contributed by atoms with Crippen molar-refractivity contribution in [3.63, 3.8) is 0 Å². The van der Waals surface area contributed by atoms with E-state index in [4.69, 9.17) is 29.5 Å². The van der Waals surface area contributed by atoms with Gasteiger partial charge in [-0.2, -0.15) is 10.1 Å². The normalized spacial score (nSPS) is 11.5. The van der Waals surface area contributed by atoms with E-state index in [1.807, 2.05) is 41.9 Å². The summed E-state index contributed by atoms with van der Waals surface area (Å²) in [5, 5.41) is 8.73. The van der Waals surface area contributed by atoms with Crippen LogP contribution >= 0.6 is 0 Å². The van der Waals surface area contributed by atoms with E-state index < -0.39 is 0 Å². The first-order valence-corrected chi connectivity index (χ1v) is 14.0. The number of nitrogens with zero attached hydrogens (tertiary/aromatic N) is 6. The van der Waals surface area contributed by atoms with Gasteiger partial charge in [-0.05, 0) is 37.5 Å². The van der Waals surface area contributed by atoms with Crippen LogP contribution in [0.25, 0.3) is 33.4 Å². The maximum absolute atomic E-state index is 12.1. The first-order chi connectivity index (χ1) is 20.0. The second kappa shape index (κ2) is 15.3. The van der Waals surface area contributed by atoms with Gasteiger partial charge in [0, 0.05) is 45.8 Å². The number of benzene rings is 1. The number of carbonyl (C=O) groups excluding carboxylic acids is 1. The highest BCUT2D eigenvalue weighted by atomic mass is 16.5. The zero-order valence-electron chi connectivity index (χ0n) is 24.1. The number of carbonyl (C=O) groups is 1. The Morgan fingerprint density at radius 1 is 1.05 bits per heavy atom. The molecule has 0 radical (unpaired) electrons. The number of hydrogen-bond acceptors (Lipinski definition) is 11. The van der Waals surface area contributed by atoms with Gasteiger partial charge in [-0.3, -0.25) is 4.79 Å². The number of unbranched alkanes of at least 4 members (excludes halogenated alkanes) is 1. The molecule has 4 rings (SSSR count). The van der Waals surface area contributed by atoms with Gasteiger partial charge < -0.3 is 34.6 Å². The lowest BCUT2D eigenvalue weighted by Crippen LogP contribution is -2.26. The summed E-state index contributed by atoms with van der Waals surface area (Å²) >= 11 is 0. The fourth-order valence-electron chi connectivity index (χ4n) is 4.34. The average molecular weight is 569 g/mol. The monoisotopic (exact) mass is 568 g/mol. The molecule has 13 heteroatoms. The summed E-state index contributed by atoms with van der Waals surface area (Å²) in [5.74, 6) is 0.746. The second-order valence-corrected chi connectivity index (χ2v) is 9.74. The molecule has 0 bridgehead atoms. The fourth-order valence-corrected chi connectivity index (χ4v) is 4.34. The number of aryl methyl sites for hydroxylation is 1. The molecular weight excluding hydrogens is 528 g/mol. The number of fused-ring (bicyclic) bond motifs is 2. The number of nitrogens with two attached hydrogens (primary N) is 1. The number of anilines is 2. The van der Waals surface area contributed by atoms with Crippen LogP contribution in [0.1, 0.15) is 32.6 Å². The van der Waals surface area contributed by atoms with Crippen molar-refractivity contribution in [1.29, 1.82) is 0 Å². The molecule has 0 fully saturated rings. The molecule has 0 aliphatic carbocycles. The third kappa shape index (κ3) is 8.35. The summed E-state index contributed by atoms with van der Waals surface area (Å²) in [7, 11) is 3.88. The lowest BCUT2D eigenvalue weighted by Gasteiger charge is -2.12. The second-order valence-electron chi connectivity index (χ2n) is 9.74. The van der Waals surface area contributed by atoms with E-state index in [-0.39, 0.29) is 11.9 Å². The Bertz CT molecular complexity index is 1400. The Hall–Kier alpha value is -3.81. The van der Waals surface area contributed by atoms with Crippen LogP contribution in [0, 0.1) is 0 Å². The van der Waals surface area contributed by atoms with E-state index in [9.17, 15) is 4.79 Å². The summed E-state index contributed by atoms with van der Waals surface area (Å²) in [6, 6.07) is 5.80. The summed E-state index contributed by atoms with van der Waals surface area (Å²) in [5.41, 5.74) is 9.39. The third-order valence-electron chi connectivity index (χ3n) is 6.30. The number of aromatic nitrogens is 5. The third-order valence-corrected chi connectivity index (χ3v) is 6.30. The highest BCUT2D eigenvalue weighted by Gasteiger charge is 2.20. The first-order valence-electron chi connectivity index (χ1n) is 14.0. The molecule has 0 unspecified atom stereocenters. The quantitative estimate of drug-likeness (QED) is 0.170. The number of oxazole rings is 1. The van der Waals surface area contributed by atoms with E-state index >= 15 is 0 Å². The maximum Gasteiger partial charge on any atom is 0.292 e. The van der Waals surface area contributed by atoms with Crippen LogP contribution in [-0.4, -0.2) is 90.9 Å². The Labute approximate surface area is 239 Å². The van der Waals surface area contributed by atoms with Gasteiger partial charge >= 0.3 is 0 Å². The topological polar surface area (TPSA) is 156 Å². The van der Waals surface area contributed by atoms with Gasteiger partial charge in [0.05, 0.1) is 38.4 Å². The maximum atomic E-state index is 12.1. The molecule has 3 aromatic heterocycles. The van der Waals surface area contributed by atoms with Crippen LogP contribution in [0.4, 0.5) is 11.8 Å². The van der Waals surface area contributed by atoms with Gasteiger partial charge in [0.2, 0.25) is 5.91 Å². The summed E-state index contributed by atoms with van der Waals surface area (Å²) < 4.78 is 23.6. The summed E-state index contributed by atoms with van der Waals surface area (Å²) in [6.45, 7) is 6.50. The highest BCUT2D eigenvalue weighted by molar-refractivity contribution is 6.00. The Morgan fingerprint density at radius 2 is 1.80 bits per heavy atom. The molecular formula is C28H40N8O5. The molecule has 41 heavy (non-hydrogen) atoms. The van der Waals surface area contributed by atoms with Gasteiger partial charge in [-0.15, -0.1) is 0 Å². The van der Waals surface area contributed by atoms with Crippen molar-refractivity contribution in [3.8, 4) is 11.3 Å². The summed E-state index contributed by atoms with van der Waals surface area (Å²) in [6.07, 6.45) is 4.48. The van der Waals surface area contributed by atoms with E-state index in [1.165, 1.54) is 0 Å². The van der Waals surface area contributed by atoms with Crippen LogP contribution in [0.5, 0.6) is 0 Å². The fraction of sp³-hybridized carbons (Fsp3) is 0.536. The van der Waals surface area contributed by atoms with Crippen LogP contribution in [-0.2, 0) is 25.5 Å². The molecule has 222 valence electrons. The van der Waals surface area contributed by atoms with Gasteiger partial charge in [0.15, 0.2) is 11.2 Å². The van der Waals surface area contributed by atoms with E-state index in [0.29, 0.717) is 63.6 Å². The molecule has 0 saturated carbocycles. The zero-order valence-corrected chi connectivity index (χ0v) is 24.1. The number of rotatable bonds is 18. The highest BCUT2D eigenvalue weighted by Crippen LogP contribution is 2.34. The van der Waals surface area contributed by atoms with Crippen molar-refractivity contribution >= 4 is 39.9 Å². The lowest BCUT2D eigenvalue weighted by molar-refractivity contribution is -0.122. The van der Waals surface area contributed by atoms with Crippen molar-refractivity contribution in [2.24, 2.45) is 0 Å². The first kappa shape index (κ1) is 30.2. The molecule has 0 spiro atoms. The Balaban J connectivity index is 1.25. The lowest BCUT2D eigenvalue weighted by atomic mass is 10.1. The minimum absolute atomic E-state index is 0.0297. The van der Waals surface area contributed by atoms with Crippen LogP contribution in [0.3, 0.4) is 0 Å². The molecule has 0 aliphatic heterocycles. The minimum atomic E-state index is -0.0297. The Morgan fingerprint density at radius 3 is 2.56 bits per heavy atom. The molecule has 0 aliphatic rings. The average Bonchev–Trinajstić information content (AvgIpc) is 3.52. The van der Waals surface area contributed by atoms with Crippen LogP contribution in [0.15, 0.2) is 28.9 Å². The van der Waals surface area contributed by atoms with E-state index in [1.54, 1.807) is 6.33 Å². The van der Waals surface area contributed by atoms with Gasteiger partial charge in [-0.25, -0.2) is 14.6 Å². The molecule has 1 amide bonds. The van der Waals surface area contributed by atoms with Gasteiger partial charge in [0.1, 0.15) is 23.4 Å². The number of hydrogen-bond donors (Lipinski definition) is 2. The minimum Gasteiger partial charge on any atom is -0.424 e. The molecule has 1 aromatic carbocycles. The molecule has 0 saturated heterocycles. The smallest absolute Gasteiger partial charge is 0.292 e. The van der Waals surface area contributed by atoms with Crippen molar-refractivity contribution in [2.75, 3.05) is 70.9 Å². The number of amides is 1. The van der Waals surface area contributed by atoms with Gasteiger partial charge in [-0.1, -0.05) is 6.92 Å². The molecule has 13 nitrogen and oxygen atoms in total. The van der Waals surface area contributed by atoms with Gasteiger partial charge in [0.25, 0.3) is 6.01 Å². The van der Waals surface area contributed by atoms with E-state index in [2.05, 4.69) is 27.2 Å². The number of nitrogen functional groups attached to an aromatic ring is 1. The number of nitrogens with one attached hydrogen (secondary N) is 1. The van der Waals surface area contributed by atoms with Crippen molar-refractivity contribution in [3.05, 3.63) is 24.5 Å². The van der Waals surface area contributed by atoms with Crippen molar-refractivity contribution < 1.29 is 23.4 Å².